The summed E-state index contributed by atoms with van der Waals surface area (Å²) in [5.74, 6) is -1.98. The van der Waals surface area contributed by atoms with Crippen molar-refractivity contribution < 1.29 is 27.8 Å². The van der Waals surface area contributed by atoms with Crippen LogP contribution in [0.4, 0.5) is 4.39 Å². The van der Waals surface area contributed by atoms with Gasteiger partial charge in [0.15, 0.2) is 5.54 Å². The molecular weight excluding hydrogens is 416 g/mol. The van der Waals surface area contributed by atoms with E-state index in [1.165, 1.54) is 0 Å². The second-order valence-electron chi connectivity index (χ2n) is 4.67. The fourth-order valence-corrected chi connectivity index (χ4v) is 5.42. The molecule has 0 radical (unpaired) electrons. The molecule has 2 rings (SSSR count). The number of rotatable bonds is 4. The summed E-state index contributed by atoms with van der Waals surface area (Å²) in [6, 6.07) is 4.14. The predicted octanol–water partition coefficient (Wildman–Crippen LogP) is 0.839. The molecule has 1 aromatic rings. The third kappa shape index (κ3) is 2.56. The Morgan fingerprint density at radius 2 is 2.00 bits per heavy atom. The van der Waals surface area contributed by atoms with Crippen LogP contribution in [-0.2, 0) is 14.8 Å². The van der Waals surface area contributed by atoms with Crippen LogP contribution in [0.1, 0.15) is 6.42 Å². The standard InChI is InChI=1S/C12H13FINO5S/c13-8-1-3-9(4-2-8)21(19,20)15-6-5-10(14)12(15,7-16)11(17)18/h1-4,10,16H,5-7H2,(H,17,18)/t10?,12-/m0/s1. The van der Waals surface area contributed by atoms with Crippen LogP contribution in [0.5, 0.6) is 0 Å². The van der Waals surface area contributed by atoms with Gasteiger partial charge in [-0.2, -0.15) is 4.31 Å². The highest BCUT2D eigenvalue weighted by Gasteiger charge is 2.58. The van der Waals surface area contributed by atoms with Crippen molar-refractivity contribution in [2.45, 2.75) is 20.8 Å². The summed E-state index contributed by atoms with van der Waals surface area (Å²) < 4.78 is 38.3. The van der Waals surface area contributed by atoms with E-state index in [2.05, 4.69) is 0 Å². The second-order valence-corrected chi connectivity index (χ2v) is 8.04. The van der Waals surface area contributed by atoms with E-state index in [0.29, 0.717) is 6.42 Å². The van der Waals surface area contributed by atoms with Crippen molar-refractivity contribution in [3.05, 3.63) is 30.1 Å². The fourth-order valence-electron chi connectivity index (χ4n) is 2.38. The molecule has 1 unspecified atom stereocenters. The van der Waals surface area contributed by atoms with Crippen LogP contribution in [0, 0.1) is 5.82 Å². The van der Waals surface area contributed by atoms with Gasteiger partial charge in [0.05, 0.1) is 11.5 Å². The van der Waals surface area contributed by atoms with Gasteiger partial charge in [0.25, 0.3) is 0 Å². The number of aliphatic hydroxyl groups is 1. The summed E-state index contributed by atoms with van der Waals surface area (Å²) in [5.41, 5.74) is -1.90. The highest BCUT2D eigenvalue weighted by Crippen LogP contribution is 2.39. The number of benzene rings is 1. The van der Waals surface area contributed by atoms with E-state index in [1.807, 2.05) is 22.6 Å². The minimum atomic E-state index is -4.13. The van der Waals surface area contributed by atoms with Gasteiger partial charge in [-0.25, -0.2) is 12.8 Å². The average molecular weight is 429 g/mol. The van der Waals surface area contributed by atoms with Gasteiger partial charge in [-0.05, 0) is 30.7 Å². The molecule has 0 saturated carbocycles. The molecule has 6 nitrogen and oxygen atoms in total. The molecule has 116 valence electrons. The van der Waals surface area contributed by atoms with Crippen LogP contribution in [0.3, 0.4) is 0 Å². The van der Waals surface area contributed by atoms with E-state index in [1.54, 1.807) is 0 Å². The van der Waals surface area contributed by atoms with E-state index in [0.717, 1.165) is 28.6 Å². The molecule has 1 aliphatic rings. The molecule has 1 heterocycles. The van der Waals surface area contributed by atoms with Gasteiger partial charge in [-0.15, -0.1) is 0 Å². The van der Waals surface area contributed by atoms with Crippen LogP contribution < -0.4 is 0 Å². The zero-order chi connectivity index (χ0) is 15.8. The Balaban J connectivity index is 2.53. The number of carbonyl (C=O) groups is 1. The number of sulfonamides is 1. The van der Waals surface area contributed by atoms with Crippen LogP contribution in [0.25, 0.3) is 0 Å². The molecule has 0 aliphatic carbocycles. The first-order valence-corrected chi connectivity index (χ1v) is 8.72. The molecule has 0 bridgehead atoms. The zero-order valence-corrected chi connectivity index (χ0v) is 13.7. The summed E-state index contributed by atoms with van der Waals surface area (Å²) in [7, 11) is -4.13. The minimum Gasteiger partial charge on any atom is -0.480 e. The van der Waals surface area contributed by atoms with Gasteiger partial charge in [0.2, 0.25) is 10.0 Å². The van der Waals surface area contributed by atoms with Crippen LogP contribution in [0.2, 0.25) is 0 Å². The van der Waals surface area contributed by atoms with Gasteiger partial charge in [0.1, 0.15) is 5.82 Å². The molecule has 2 atom stereocenters. The second kappa shape index (κ2) is 5.78. The van der Waals surface area contributed by atoms with Crippen molar-refractivity contribution in [2.24, 2.45) is 0 Å². The minimum absolute atomic E-state index is 0.0137. The lowest BCUT2D eigenvalue weighted by Gasteiger charge is -2.34. The molecule has 1 fully saturated rings. The van der Waals surface area contributed by atoms with Gasteiger partial charge in [0, 0.05) is 10.5 Å². The Hall–Kier alpha value is -0.780. The van der Waals surface area contributed by atoms with E-state index >= 15 is 0 Å². The Labute approximate surface area is 134 Å². The Bertz CT molecular complexity index is 650. The summed E-state index contributed by atoms with van der Waals surface area (Å²) in [4.78, 5) is 11.4. The number of alkyl halides is 1. The quantitative estimate of drug-likeness (QED) is 0.547. The third-order valence-corrected chi connectivity index (χ3v) is 7.17. The number of halogens is 2. The maximum Gasteiger partial charge on any atom is 0.328 e. The maximum absolute atomic E-state index is 12.9. The first kappa shape index (κ1) is 16.6. The van der Waals surface area contributed by atoms with Crippen molar-refractivity contribution in [1.82, 2.24) is 4.31 Å². The molecule has 1 aromatic carbocycles. The molecule has 21 heavy (non-hydrogen) atoms. The van der Waals surface area contributed by atoms with Gasteiger partial charge in [-0.1, -0.05) is 22.6 Å². The van der Waals surface area contributed by atoms with Crippen LogP contribution in [0.15, 0.2) is 29.2 Å². The highest BCUT2D eigenvalue weighted by molar-refractivity contribution is 14.1. The van der Waals surface area contributed by atoms with E-state index in [-0.39, 0.29) is 11.4 Å². The predicted molar refractivity (Wildman–Crippen MR) is 80.2 cm³/mol. The van der Waals surface area contributed by atoms with Crippen molar-refractivity contribution in [2.75, 3.05) is 13.2 Å². The van der Waals surface area contributed by atoms with Crippen molar-refractivity contribution in [3.63, 3.8) is 0 Å². The lowest BCUT2D eigenvalue weighted by atomic mass is 9.99. The number of hydrogen-bond acceptors (Lipinski definition) is 4. The molecule has 0 amide bonds. The Morgan fingerprint density at radius 1 is 1.43 bits per heavy atom. The van der Waals surface area contributed by atoms with Crippen molar-refractivity contribution >= 4 is 38.6 Å². The molecule has 2 N–H and O–H groups in total. The van der Waals surface area contributed by atoms with Gasteiger partial charge >= 0.3 is 5.97 Å². The number of aliphatic carboxylic acids is 1. The van der Waals surface area contributed by atoms with Crippen molar-refractivity contribution in [3.8, 4) is 0 Å². The summed E-state index contributed by atoms with van der Waals surface area (Å²) in [6.07, 6.45) is 0.313. The van der Waals surface area contributed by atoms with Crippen LogP contribution in [-0.4, -0.2) is 51.5 Å². The first-order chi connectivity index (χ1) is 9.76. The monoisotopic (exact) mass is 429 g/mol. The Morgan fingerprint density at radius 3 is 2.48 bits per heavy atom. The topological polar surface area (TPSA) is 94.9 Å². The lowest BCUT2D eigenvalue weighted by molar-refractivity contribution is -0.148. The van der Waals surface area contributed by atoms with Crippen molar-refractivity contribution in [1.29, 1.82) is 0 Å². The number of hydrogen-bond donors (Lipinski definition) is 2. The van der Waals surface area contributed by atoms with Gasteiger partial charge in [-0.3, -0.25) is 4.79 Å². The highest BCUT2D eigenvalue weighted by atomic mass is 127. The van der Waals surface area contributed by atoms with Crippen LogP contribution >= 0.6 is 22.6 Å². The van der Waals surface area contributed by atoms with Gasteiger partial charge < -0.3 is 10.2 Å². The molecule has 0 aromatic heterocycles. The maximum atomic E-state index is 12.9. The molecule has 1 saturated heterocycles. The summed E-state index contributed by atoms with van der Waals surface area (Å²) in [6.45, 7) is -0.837. The van der Waals surface area contributed by atoms with E-state index in [4.69, 9.17) is 0 Å². The molecule has 1 aliphatic heterocycles. The van der Waals surface area contributed by atoms with E-state index in [9.17, 15) is 27.8 Å². The number of aliphatic hydroxyl groups excluding tert-OH is 1. The first-order valence-electron chi connectivity index (χ1n) is 6.03. The zero-order valence-electron chi connectivity index (χ0n) is 10.7. The smallest absolute Gasteiger partial charge is 0.328 e. The number of carboxylic acid groups (broad SMARTS) is 1. The van der Waals surface area contributed by atoms with E-state index < -0.39 is 37.9 Å². The normalized spacial score (nSPS) is 26.9. The molecule has 0 spiro atoms. The average Bonchev–Trinajstić information content (AvgIpc) is 2.77. The number of carboxylic acids is 1. The third-order valence-electron chi connectivity index (χ3n) is 3.56. The summed E-state index contributed by atoms with van der Waals surface area (Å²) in [5, 5.41) is 19.0. The number of nitrogens with zero attached hydrogens (tertiary/aromatic N) is 1. The fraction of sp³-hybridized carbons (Fsp3) is 0.417. The largest absolute Gasteiger partial charge is 0.480 e. The molecular formula is C12H13FINO5S. The Kier molecular flexibility index (Phi) is 4.57. The summed E-state index contributed by atoms with van der Waals surface area (Å²) >= 11 is 1.84. The molecule has 9 heteroatoms. The lowest BCUT2D eigenvalue weighted by Crippen LogP contribution is -2.59. The SMILES string of the molecule is O=C(O)[C@]1(CO)C(I)CCN1S(=O)(=O)c1ccc(F)cc1.